The second-order valence-corrected chi connectivity index (χ2v) is 5.32. The van der Waals surface area contributed by atoms with Gasteiger partial charge in [-0.25, -0.2) is 0 Å². The maximum absolute atomic E-state index is 5.83. The van der Waals surface area contributed by atoms with Gasteiger partial charge in [-0.3, -0.25) is 0 Å². The largest absolute Gasteiger partial charge is 0.377 e. The predicted molar refractivity (Wildman–Crippen MR) is 76.7 cm³/mol. The third kappa shape index (κ3) is 6.32. The summed E-state index contributed by atoms with van der Waals surface area (Å²) in [4.78, 5) is 0. The van der Waals surface area contributed by atoms with Gasteiger partial charge in [0.15, 0.2) is 0 Å². The molecular formula is C13H20ClNOS. The second-order valence-electron chi connectivity index (χ2n) is 3.78. The molecule has 0 aliphatic carbocycles. The number of hydrogen-bond donors (Lipinski definition) is 1. The molecule has 1 atom stereocenters. The summed E-state index contributed by atoms with van der Waals surface area (Å²) >= 11 is 7.73. The molecule has 0 bridgehead atoms. The molecule has 0 spiro atoms. The lowest BCUT2D eigenvalue weighted by molar-refractivity contribution is 0.0674. The number of ether oxygens (including phenoxy) is 1. The number of hydrogen-bond acceptors (Lipinski definition) is 3. The predicted octanol–water partition coefficient (Wildman–Crippen LogP) is 3.33. The van der Waals surface area contributed by atoms with Gasteiger partial charge < -0.3 is 10.5 Å². The van der Waals surface area contributed by atoms with Crippen LogP contribution >= 0.6 is 23.4 Å². The lowest BCUT2D eigenvalue weighted by Crippen LogP contribution is -2.24. The van der Waals surface area contributed by atoms with Crippen LogP contribution in [0.25, 0.3) is 0 Å². The van der Waals surface area contributed by atoms with Crippen molar-refractivity contribution in [1.82, 2.24) is 0 Å². The van der Waals surface area contributed by atoms with Crippen LogP contribution in [0, 0.1) is 0 Å². The summed E-state index contributed by atoms with van der Waals surface area (Å²) in [6, 6.07) is 8.00. The SMILES string of the molecule is CCOC(CN)CCSCc1ccc(Cl)cc1. The van der Waals surface area contributed by atoms with E-state index in [1.54, 1.807) is 0 Å². The molecule has 96 valence electrons. The molecule has 2 N–H and O–H groups in total. The normalized spacial score (nSPS) is 12.6. The molecule has 2 nitrogen and oxygen atoms in total. The molecule has 1 aromatic carbocycles. The summed E-state index contributed by atoms with van der Waals surface area (Å²) in [5, 5.41) is 0.790. The third-order valence-corrected chi connectivity index (χ3v) is 3.75. The minimum Gasteiger partial charge on any atom is -0.377 e. The fourth-order valence-corrected chi connectivity index (χ4v) is 2.62. The molecule has 0 fully saturated rings. The van der Waals surface area contributed by atoms with Crippen LogP contribution < -0.4 is 5.73 Å². The molecule has 0 saturated carbocycles. The lowest BCUT2D eigenvalue weighted by Gasteiger charge is -2.14. The van der Waals surface area contributed by atoms with Gasteiger partial charge in [-0.2, -0.15) is 11.8 Å². The molecule has 0 amide bonds. The number of rotatable bonds is 8. The van der Waals surface area contributed by atoms with Gasteiger partial charge >= 0.3 is 0 Å². The molecule has 0 radical (unpaired) electrons. The molecule has 1 aromatic rings. The number of nitrogens with two attached hydrogens (primary N) is 1. The Hall–Kier alpha value is -0.220. The lowest BCUT2D eigenvalue weighted by atomic mass is 10.2. The first-order valence-corrected chi connectivity index (χ1v) is 7.43. The molecule has 17 heavy (non-hydrogen) atoms. The van der Waals surface area contributed by atoms with Crippen molar-refractivity contribution in [1.29, 1.82) is 0 Å². The first-order chi connectivity index (χ1) is 8.26. The third-order valence-electron chi connectivity index (χ3n) is 2.43. The van der Waals surface area contributed by atoms with E-state index in [0.29, 0.717) is 6.54 Å². The van der Waals surface area contributed by atoms with E-state index in [0.717, 1.165) is 29.6 Å². The summed E-state index contributed by atoms with van der Waals surface area (Å²) in [5.41, 5.74) is 6.93. The van der Waals surface area contributed by atoms with Crippen molar-refractivity contribution < 1.29 is 4.74 Å². The summed E-state index contributed by atoms with van der Waals surface area (Å²) in [6.45, 7) is 3.35. The highest BCUT2D eigenvalue weighted by Gasteiger charge is 2.05. The van der Waals surface area contributed by atoms with E-state index in [9.17, 15) is 0 Å². The molecule has 1 rings (SSSR count). The summed E-state index contributed by atoms with van der Waals surface area (Å²) < 4.78 is 5.50. The van der Waals surface area contributed by atoms with Crippen LogP contribution in [0.3, 0.4) is 0 Å². The monoisotopic (exact) mass is 273 g/mol. The summed E-state index contributed by atoms with van der Waals surface area (Å²) in [5.74, 6) is 2.09. The second kappa shape index (κ2) is 8.81. The van der Waals surface area contributed by atoms with Gasteiger partial charge in [-0.05, 0) is 36.8 Å². The average Bonchev–Trinajstić information content (AvgIpc) is 2.35. The van der Waals surface area contributed by atoms with Gasteiger partial charge in [0.25, 0.3) is 0 Å². The first-order valence-electron chi connectivity index (χ1n) is 5.90. The van der Waals surface area contributed by atoms with Gasteiger partial charge in [0.05, 0.1) is 6.10 Å². The fraction of sp³-hybridized carbons (Fsp3) is 0.538. The van der Waals surface area contributed by atoms with Gasteiger partial charge in [0.2, 0.25) is 0 Å². The van der Waals surface area contributed by atoms with Gasteiger partial charge in [0, 0.05) is 23.9 Å². The van der Waals surface area contributed by atoms with Gasteiger partial charge in [-0.15, -0.1) is 0 Å². The zero-order valence-electron chi connectivity index (χ0n) is 10.2. The van der Waals surface area contributed by atoms with Crippen molar-refractivity contribution in [2.45, 2.75) is 25.2 Å². The van der Waals surface area contributed by atoms with Crippen molar-refractivity contribution in [3.05, 3.63) is 34.9 Å². The number of halogens is 1. The molecular weight excluding hydrogens is 254 g/mol. The van der Waals surface area contributed by atoms with Crippen LogP contribution in [0.4, 0.5) is 0 Å². The fourth-order valence-electron chi connectivity index (χ4n) is 1.49. The van der Waals surface area contributed by atoms with E-state index in [1.807, 2.05) is 30.8 Å². The maximum atomic E-state index is 5.83. The molecule has 0 heterocycles. The Morgan fingerprint density at radius 1 is 1.35 bits per heavy atom. The minimum absolute atomic E-state index is 0.206. The molecule has 4 heteroatoms. The molecule has 1 unspecified atom stereocenters. The van der Waals surface area contributed by atoms with E-state index in [2.05, 4.69) is 12.1 Å². The van der Waals surface area contributed by atoms with Crippen LogP contribution in [0.15, 0.2) is 24.3 Å². The van der Waals surface area contributed by atoms with E-state index < -0.39 is 0 Å². The standard InChI is InChI=1S/C13H20ClNOS/c1-2-16-13(9-15)7-8-17-10-11-3-5-12(14)6-4-11/h3-6,13H,2,7-10,15H2,1H3. The van der Waals surface area contributed by atoms with Crippen LogP contribution in [-0.2, 0) is 10.5 Å². The molecule has 0 aromatic heterocycles. The Labute approximate surface area is 113 Å². The highest BCUT2D eigenvalue weighted by Crippen LogP contribution is 2.16. The van der Waals surface area contributed by atoms with Crippen molar-refractivity contribution >= 4 is 23.4 Å². The number of benzene rings is 1. The van der Waals surface area contributed by atoms with Crippen LogP contribution in [0.2, 0.25) is 5.02 Å². The Balaban J connectivity index is 2.17. The Bertz CT molecular complexity index is 305. The zero-order valence-corrected chi connectivity index (χ0v) is 11.8. The first kappa shape index (κ1) is 14.8. The Kier molecular flexibility index (Phi) is 7.69. The molecule has 0 aliphatic heterocycles. The van der Waals surface area contributed by atoms with Crippen molar-refractivity contribution in [2.24, 2.45) is 5.73 Å². The van der Waals surface area contributed by atoms with Crippen LogP contribution in [0.1, 0.15) is 18.9 Å². The Morgan fingerprint density at radius 3 is 2.65 bits per heavy atom. The summed E-state index contributed by atoms with van der Waals surface area (Å²) in [7, 11) is 0. The van der Waals surface area contributed by atoms with Crippen molar-refractivity contribution in [2.75, 3.05) is 18.9 Å². The van der Waals surface area contributed by atoms with Crippen LogP contribution in [-0.4, -0.2) is 25.0 Å². The van der Waals surface area contributed by atoms with Crippen molar-refractivity contribution in [3.63, 3.8) is 0 Å². The van der Waals surface area contributed by atoms with Gasteiger partial charge in [-0.1, -0.05) is 23.7 Å². The highest BCUT2D eigenvalue weighted by molar-refractivity contribution is 7.98. The zero-order chi connectivity index (χ0) is 12.5. The van der Waals surface area contributed by atoms with Crippen LogP contribution in [0.5, 0.6) is 0 Å². The molecule has 0 saturated heterocycles. The molecule has 0 aliphatic rings. The van der Waals surface area contributed by atoms with E-state index in [1.165, 1.54) is 5.56 Å². The Morgan fingerprint density at radius 2 is 2.06 bits per heavy atom. The summed E-state index contributed by atoms with van der Waals surface area (Å²) in [6.07, 6.45) is 1.22. The van der Waals surface area contributed by atoms with Crippen molar-refractivity contribution in [3.8, 4) is 0 Å². The average molecular weight is 274 g/mol. The maximum Gasteiger partial charge on any atom is 0.0705 e. The minimum atomic E-state index is 0.206. The number of thioether (sulfide) groups is 1. The van der Waals surface area contributed by atoms with E-state index in [4.69, 9.17) is 22.1 Å². The topological polar surface area (TPSA) is 35.2 Å². The highest BCUT2D eigenvalue weighted by atomic mass is 35.5. The van der Waals surface area contributed by atoms with E-state index in [-0.39, 0.29) is 6.10 Å². The smallest absolute Gasteiger partial charge is 0.0705 e. The quantitative estimate of drug-likeness (QED) is 0.738. The van der Waals surface area contributed by atoms with Gasteiger partial charge in [0.1, 0.15) is 0 Å². The van der Waals surface area contributed by atoms with E-state index >= 15 is 0 Å².